The predicted octanol–water partition coefficient (Wildman–Crippen LogP) is 2.51. The average molecular weight is 466 g/mol. The zero-order chi connectivity index (χ0) is 23.8. The van der Waals surface area contributed by atoms with Crippen LogP contribution in [0.25, 0.3) is 0 Å². The second-order valence-electron chi connectivity index (χ2n) is 8.00. The molecule has 2 aliphatic rings. The zero-order valence-corrected chi connectivity index (χ0v) is 18.4. The van der Waals surface area contributed by atoms with E-state index in [1.165, 1.54) is 12.2 Å². The van der Waals surface area contributed by atoms with Gasteiger partial charge in [0.2, 0.25) is 0 Å². The topological polar surface area (TPSA) is 89.5 Å². The maximum absolute atomic E-state index is 13.1. The molecule has 182 valence electrons. The third-order valence-corrected chi connectivity index (χ3v) is 4.21. The minimum Gasteiger partial charge on any atom is -0.460 e. The lowest BCUT2D eigenvalue weighted by Crippen LogP contribution is -2.26. The van der Waals surface area contributed by atoms with Crippen LogP contribution in [-0.4, -0.2) is 82.2 Å². The molecule has 0 N–H and O–H groups in total. The van der Waals surface area contributed by atoms with Gasteiger partial charge in [0.25, 0.3) is 0 Å². The maximum atomic E-state index is 13.1. The summed E-state index contributed by atoms with van der Waals surface area (Å²) in [6.07, 6.45) is -4.09. The maximum Gasteiger partial charge on any atom is 0.416 e. The number of rotatable bonds is 13. The first-order chi connectivity index (χ1) is 15.0. The predicted molar refractivity (Wildman–Crippen MR) is 105 cm³/mol. The second-order valence-corrected chi connectivity index (χ2v) is 8.00. The summed E-state index contributed by atoms with van der Waals surface area (Å²) in [6.45, 7) is 6.50. The fraction of sp³-hybridized carbons (Fsp3) is 0.714. The molecular weight excluding hydrogens is 437 g/mol. The van der Waals surface area contributed by atoms with E-state index >= 15 is 0 Å². The van der Waals surface area contributed by atoms with Crippen molar-refractivity contribution in [2.45, 2.75) is 51.2 Å². The van der Waals surface area contributed by atoms with Gasteiger partial charge in [-0.05, 0) is 20.8 Å². The summed E-state index contributed by atoms with van der Waals surface area (Å²) in [6, 6.07) is 0. The van der Waals surface area contributed by atoms with Gasteiger partial charge in [-0.25, -0.2) is 4.79 Å². The molecule has 11 heteroatoms. The molecule has 8 nitrogen and oxygen atoms in total. The minimum absolute atomic E-state index is 0.0148. The quantitative estimate of drug-likeness (QED) is 0.232. The van der Waals surface area contributed by atoms with Crippen LogP contribution in [-0.2, 0) is 38.0 Å². The Morgan fingerprint density at radius 1 is 0.875 bits per heavy atom. The smallest absolute Gasteiger partial charge is 0.416 e. The van der Waals surface area contributed by atoms with Crippen LogP contribution in [0.4, 0.5) is 13.2 Å². The lowest BCUT2D eigenvalue weighted by Gasteiger charge is -2.19. The summed E-state index contributed by atoms with van der Waals surface area (Å²) in [4.78, 5) is 23.5. The van der Waals surface area contributed by atoms with E-state index in [0.717, 1.165) is 0 Å². The van der Waals surface area contributed by atoms with Gasteiger partial charge in [-0.3, -0.25) is 4.79 Å². The summed E-state index contributed by atoms with van der Waals surface area (Å²) >= 11 is 0. The number of alkyl halides is 3. The Morgan fingerprint density at radius 2 is 1.41 bits per heavy atom. The Hall–Kier alpha value is -1.95. The van der Waals surface area contributed by atoms with Crippen molar-refractivity contribution < 1.29 is 51.2 Å². The molecule has 2 rings (SSSR count). The monoisotopic (exact) mass is 466 g/mol. The lowest BCUT2D eigenvalue weighted by atomic mass is 9.96. The highest BCUT2D eigenvalue weighted by Crippen LogP contribution is 2.43. The molecule has 0 aromatic carbocycles. The second kappa shape index (κ2) is 11.8. The summed E-state index contributed by atoms with van der Waals surface area (Å²) in [7, 11) is 0. The van der Waals surface area contributed by atoms with E-state index in [0.29, 0.717) is 13.2 Å². The Bertz CT molecular complexity index is 709. The first kappa shape index (κ1) is 26.3. The zero-order valence-electron chi connectivity index (χ0n) is 18.4. The highest BCUT2D eigenvalue weighted by Gasteiger charge is 2.51. The first-order valence-corrected chi connectivity index (χ1v) is 10.3. The van der Waals surface area contributed by atoms with Gasteiger partial charge in [0.15, 0.2) is 0 Å². The van der Waals surface area contributed by atoms with Crippen LogP contribution in [0.3, 0.4) is 0 Å². The number of hydrogen-bond donors (Lipinski definition) is 0. The third kappa shape index (κ3) is 8.53. The van der Waals surface area contributed by atoms with E-state index in [9.17, 15) is 22.8 Å². The van der Waals surface area contributed by atoms with Gasteiger partial charge in [0.1, 0.15) is 24.4 Å². The molecular formula is C21H29F3O8. The van der Waals surface area contributed by atoms with Crippen molar-refractivity contribution >= 4 is 11.9 Å². The van der Waals surface area contributed by atoms with Crippen molar-refractivity contribution in [3.05, 3.63) is 23.3 Å². The van der Waals surface area contributed by atoms with E-state index in [1.807, 2.05) is 0 Å². The summed E-state index contributed by atoms with van der Waals surface area (Å²) in [5.74, 6) is -1.39. The Labute approximate surface area is 184 Å². The molecule has 2 bridgehead atoms. The fourth-order valence-electron chi connectivity index (χ4n) is 2.99. The van der Waals surface area contributed by atoms with Crippen molar-refractivity contribution in [3.63, 3.8) is 0 Å². The summed E-state index contributed by atoms with van der Waals surface area (Å²) in [5, 5.41) is 0. The number of halogens is 3. The standard InChI is InChI=1S/C21H29F3O8/c1-20(2,3)32-16(25)6-7-27-8-9-28-10-11-29-12-13-30-19(26)17-14-4-5-15(31-14)18(17)21(22,23)24/h4-5,14-15H,6-13H2,1-3H3. The Kier molecular flexibility index (Phi) is 9.68. The molecule has 0 aromatic rings. The van der Waals surface area contributed by atoms with Crippen LogP contribution in [0.2, 0.25) is 0 Å². The van der Waals surface area contributed by atoms with E-state index < -0.39 is 41.1 Å². The summed E-state index contributed by atoms with van der Waals surface area (Å²) < 4.78 is 70.3. The van der Waals surface area contributed by atoms with Gasteiger partial charge in [0, 0.05) is 0 Å². The molecule has 0 amide bonds. The Balaban J connectivity index is 1.47. The number of carbonyl (C=O) groups excluding carboxylic acids is 2. The SMILES string of the molecule is CC(C)(C)OC(=O)CCOCCOCCOCCOC(=O)C1=C(C(F)(F)F)C2C=CC1O2. The normalized spacial score (nSPS) is 20.2. The van der Waals surface area contributed by atoms with Crippen LogP contribution in [0, 0.1) is 0 Å². The number of ether oxygens (including phenoxy) is 6. The number of fused-ring (bicyclic) bond motifs is 2. The first-order valence-electron chi connectivity index (χ1n) is 10.3. The summed E-state index contributed by atoms with van der Waals surface area (Å²) in [5.41, 5.74) is -2.03. The molecule has 2 atom stereocenters. The fourth-order valence-corrected chi connectivity index (χ4v) is 2.99. The molecule has 0 fully saturated rings. The van der Waals surface area contributed by atoms with Crippen molar-refractivity contribution in [1.82, 2.24) is 0 Å². The van der Waals surface area contributed by atoms with Gasteiger partial charge >= 0.3 is 18.1 Å². The van der Waals surface area contributed by atoms with Crippen LogP contribution in [0.5, 0.6) is 0 Å². The van der Waals surface area contributed by atoms with Crippen molar-refractivity contribution in [1.29, 1.82) is 0 Å². The van der Waals surface area contributed by atoms with Crippen molar-refractivity contribution in [2.75, 3.05) is 46.2 Å². The minimum atomic E-state index is -4.66. The van der Waals surface area contributed by atoms with Gasteiger partial charge in [-0.15, -0.1) is 0 Å². The number of carbonyl (C=O) groups is 2. The molecule has 0 saturated heterocycles. The van der Waals surface area contributed by atoms with Crippen LogP contribution in [0.15, 0.2) is 23.3 Å². The molecule has 0 aromatic heterocycles. The van der Waals surface area contributed by atoms with Crippen LogP contribution >= 0.6 is 0 Å². The highest BCUT2D eigenvalue weighted by molar-refractivity contribution is 5.93. The molecule has 32 heavy (non-hydrogen) atoms. The van der Waals surface area contributed by atoms with E-state index in [4.69, 9.17) is 28.4 Å². The molecule has 0 radical (unpaired) electrons. The highest BCUT2D eigenvalue weighted by atomic mass is 19.4. The molecule has 0 aliphatic carbocycles. The van der Waals surface area contributed by atoms with Crippen molar-refractivity contribution in [2.24, 2.45) is 0 Å². The van der Waals surface area contributed by atoms with E-state index in [-0.39, 0.29) is 45.4 Å². The van der Waals surface area contributed by atoms with E-state index in [2.05, 4.69) is 0 Å². The third-order valence-electron chi connectivity index (χ3n) is 4.21. The number of esters is 2. The molecule has 2 aliphatic heterocycles. The van der Waals surface area contributed by atoms with Gasteiger partial charge < -0.3 is 28.4 Å². The van der Waals surface area contributed by atoms with Crippen LogP contribution in [0.1, 0.15) is 27.2 Å². The molecule has 2 heterocycles. The molecule has 2 unspecified atom stereocenters. The largest absolute Gasteiger partial charge is 0.460 e. The van der Waals surface area contributed by atoms with Crippen molar-refractivity contribution in [3.8, 4) is 0 Å². The van der Waals surface area contributed by atoms with Gasteiger partial charge in [0.05, 0.1) is 57.2 Å². The van der Waals surface area contributed by atoms with Gasteiger partial charge in [-0.1, -0.05) is 12.2 Å². The van der Waals surface area contributed by atoms with Crippen LogP contribution < -0.4 is 0 Å². The molecule has 0 spiro atoms. The van der Waals surface area contributed by atoms with E-state index in [1.54, 1.807) is 20.8 Å². The Morgan fingerprint density at radius 3 is 1.97 bits per heavy atom. The lowest BCUT2D eigenvalue weighted by molar-refractivity contribution is -0.156. The average Bonchev–Trinajstić information content (AvgIpc) is 3.28. The number of hydrogen-bond acceptors (Lipinski definition) is 8. The van der Waals surface area contributed by atoms with Gasteiger partial charge in [-0.2, -0.15) is 13.2 Å². The molecule has 0 saturated carbocycles.